The zero-order valence-electron chi connectivity index (χ0n) is 11.1. The van der Waals surface area contributed by atoms with Gasteiger partial charge in [-0.3, -0.25) is 4.98 Å². The van der Waals surface area contributed by atoms with Crippen molar-refractivity contribution in [1.29, 1.82) is 0 Å². The van der Waals surface area contributed by atoms with Crippen molar-refractivity contribution in [2.75, 3.05) is 13.1 Å². The Bertz CT molecular complexity index is 723. The normalized spacial score (nSPS) is 11.7. The first-order valence-corrected chi connectivity index (χ1v) is 7.61. The minimum absolute atomic E-state index is 0.208. The molecule has 1 heterocycles. The monoisotopic (exact) mass is 288 g/mol. The fraction of sp³-hybridized carbons (Fsp3) is 0.133. The van der Waals surface area contributed by atoms with Gasteiger partial charge in [0, 0.05) is 24.7 Å². The molecule has 0 N–H and O–H groups in total. The topological polar surface area (TPSA) is 50.3 Å². The third-order valence-electron chi connectivity index (χ3n) is 2.88. The number of pyridine rings is 1. The van der Waals surface area contributed by atoms with Crippen LogP contribution in [0.1, 0.15) is 0 Å². The second-order valence-corrected chi connectivity index (χ2v) is 6.14. The maximum absolute atomic E-state index is 12.7. The predicted octanol–water partition coefficient (Wildman–Crippen LogP) is 2.60. The van der Waals surface area contributed by atoms with Gasteiger partial charge in [0.05, 0.1) is 5.52 Å². The van der Waals surface area contributed by atoms with Gasteiger partial charge in [-0.2, -0.15) is 4.31 Å². The van der Waals surface area contributed by atoms with Crippen LogP contribution in [-0.4, -0.2) is 30.8 Å². The Labute approximate surface area is 119 Å². The van der Waals surface area contributed by atoms with Crippen molar-refractivity contribution < 1.29 is 8.42 Å². The Morgan fingerprint density at radius 3 is 2.40 bits per heavy atom. The summed E-state index contributed by atoms with van der Waals surface area (Å²) in [6.45, 7) is 7.66. The van der Waals surface area contributed by atoms with Gasteiger partial charge in [-0.05, 0) is 12.1 Å². The lowest BCUT2D eigenvalue weighted by atomic mass is 10.2. The van der Waals surface area contributed by atoms with E-state index in [-0.39, 0.29) is 18.0 Å². The minimum Gasteiger partial charge on any atom is -0.255 e. The smallest absolute Gasteiger partial charge is 0.245 e. The van der Waals surface area contributed by atoms with Gasteiger partial charge in [-0.25, -0.2) is 8.42 Å². The summed E-state index contributed by atoms with van der Waals surface area (Å²) < 4.78 is 26.7. The fourth-order valence-corrected chi connectivity index (χ4v) is 3.53. The number of para-hydroxylation sites is 1. The molecule has 2 rings (SSSR count). The molecule has 0 fully saturated rings. The summed E-state index contributed by atoms with van der Waals surface area (Å²) in [4.78, 5) is 4.40. The van der Waals surface area contributed by atoms with Crippen LogP contribution in [0, 0.1) is 0 Å². The number of rotatable bonds is 6. The number of hydrogen-bond acceptors (Lipinski definition) is 3. The van der Waals surface area contributed by atoms with Gasteiger partial charge in [0.25, 0.3) is 0 Å². The molecular formula is C15H16N2O2S. The first kappa shape index (κ1) is 14.4. The molecular weight excluding hydrogens is 272 g/mol. The van der Waals surface area contributed by atoms with E-state index in [1.165, 1.54) is 4.31 Å². The third kappa shape index (κ3) is 2.64. The number of nitrogens with zero attached hydrogens (tertiary/aromatic N) is 2. The molecule has 0 saturated heterocycles. The van der Waals surface area contributed by atoms with Crippen LogP contribution < -0.4 is 0 Å². The molecule has 0 atom stereocenters. The minimum atomic E-state index is -3.62. The van der Waals surface area contributed by atoms with Crippen LogP contribution in [0.3, 0.4) is 0 Å². The van der Waals surface area contributed by atoms with Crippen LogP contribution >= 0.6 is 0 Å². The van der Waals surface area contributed by atoms with Crippen molar-refractivity contribution in [3.05, 3.63) is 61.8 Å². The average Bonchev–Trinajstić information content (AvgIpc) is 2.46. The van der Waals surface area contributed by atoms with E-state index in [1.54, 1.807) is 36.5 Å². The van der Waals surface area contributed by atoms with Gasteiger partial charge in [-0.1, -0.05) is 30.4 Å². The standard InChI is InChI=1S/C15H16N2O2S/c1-3-11-17(12-4-2)20(18,19)14-9-5-7-13-8-6-10-16-15(13)14/h3-10H,1-2,11-12H2. The molecule has 0 amide bonds. The Kier molecular flexibility index (Phi) is 4.32. The number of sulfonamides is 1. The lowest BCUT2D eigenvalue weighted by Gasteiger charge is -2.19. The van der Waals surface area contributed by atoms with Gasteiger partial charge in [0.15, 0.2) is 0 Å². The number of hydrogen-bond donors (Lipinski definition) is 0. The van der Waals surface area contributed by atoms with Gasteiger partial charge < -0.3 is 0 Å². The molecule has 104 valence electrons. The third-order valence-corrected chi connectivity index (χ3v) is 4.74. The average molecular weight is 288 g/mol. The summed E-state index contributed by atoms with van der Waals surface area (Å²) in [6, 6.07) is 8.75. The molecule has 4 nitrogen and oxygen atoms in total. The SMILES string of the molecule is C=CCN(CC=C)S(=O)(=O)c1cccc2cccnc12. The number of benzene rings is 1. The number of aromatic nitrogens is 1. The molecule has 1 aromatic carbocycles. The maximum Gasteiger partial charge on any atom is 0.245 e. The van der Waals surface area contributed by atoms with E-state index >= 15 is 0 Å². The van der Waals surface area contributed by atoms with E-state index in [0.29, 0.717) is 5.52 Å². The highest BCUT2D eigenvalue weighted by Crippen LogP contribution is 2.23. The first-order chi connectivity index (χ1) is 9.61. The lowest BCUT2D eigenvalue weighted by molar-refractivity contribution is 0.475. The van der Waals surface area contributed by atoms with Gasteiger partial charge in [-0.15, -0.1) is 13.2 Å². The van der Waals surface area contributed by atoms with Crippen LogP contribution in [0.2, 0.25) is 0 Å². The van der Waals surface area contributed by atoms with Crippen LogP contribution in [0.4, 0.5) is 0 Å². The van der Waals surface area contributed by atoms with Gasteiger partial charge >= 0.3 is 0 Å². The van der Waals surface area contributed by atoms with Gasteiger partial charge in [0.2, 0.25) is 10.0 Å². The zero-order valence-corrected chi connectivity index (χ0v) is 11.9. The zero-order chi connectivity index (χ0) is 14.6. The van der Waals surface area contributed by atoms with E-state index in [1.807, 2.05) is 12.1 Å². The highest BCUT2D eigenvalue weighted by Gasteiger charge is 2.24. The Hall–Kier alpha value is -1.98. The van der Waals surface area contributed by atoms with Crippen molar-refractivity contribution in [3.63, 3.8) is 0 Å². The van der Waals surface area contributed by atoms with E-state index in [4.69, 9.17) is 0 Å². The van der Waals surface area contributed by atoms with E-state index in [2.05, 4.69) is 18.1 Å². The van der Waals surface area contributed by atoms with Crippen LogP contribution in [0.5, 0.6) is 0 Å². The molecule has 0 aliphatic heterocycles. The molecule has 0 unspecified atom stereocenters. The molecule has 20 heavy (non-hydrogen) atoms. The molecule has 0 aliphatic carbocycles. The molecule has 0 radical (unpaired) electrons. The summed E-state index contributed by atoms with van der Waals surface area (Å²) in [6.07, 6.45) is 4.70. The van der Waals surface area contributed by atoms with E-state index in [0.717, 1.165) is 5.39 Å². The van der Waals surface area contributed by atoms with E-state index in [9.17, 15) is 8.42 Å². The van der Waals surface area contributed by atoms with Crippen LogP contribution in [0.25, 0.3) is 10.9 Å². The predicted molar refractivity (Wildman–Crippen MR) is 80.9 cm³/mol. The Morgan fingerprint density at radius 1 is 1.10 bits per heavy atom. The van der Waals surface area contributed by atoms with E-state index < -0.39 is 10.0 Å². The summed E-state index contributed by atoms with van der Waals surface area (Å²) >= 11 is 0. The Balaban J connectivity index is 2.61. The summed E-state index contributed by atoms with van der Waals surface area (Å²) in [5.41, 5.74) is 0.480. The van der Waals surface area contributed by atoms with Crippen molar-refractivity contribution in [2.24, 2.45) is 0 Å². The van der Waals surface area contributed by atoms with Crippen molar-refractivity contribution in [1.82, 2.24) is 9.29 Å². The quantitative estimate of drug-likeness (QED) is 0.768. The number of fused-ring (bicyclic) bond motifs is 1. The van der Waals surface area contributed by atoms with Crippen molar-refractivity contribution >= 4 is 20.9 Å². The fourth-order valence-electron chi connectivity index (χ4n) is 1.98. The van der Waals surface area contributed by atoms with Gasteiger partial charge in [0.1, 0.15) is 4.90 Å². The largest absolute Gasteiger partial charge is 0.255 e. The molecule has 2 aromatic rings. The molecule has 0 spiro atoms. The Morgan fingerprint density at radius 2 is 1.75 bits per heavy atom. The lowest BCUT2D eigenvalue weighted by Crippen LogP contribution is -2.31. The van der Waals surface area contributed by atoms with Crippen LogP contribution in [-0.2, 0) is 10.0 Å². The first-order valence-electron chi connectivity index (χ1n) is 6.17. The maximum atomic E-state index is 12.7. The van der Waals surface area contributed by atoms with Crippen LogP contribution in [0.15, 0.2) is 66.7 Å². The van der Waals surface area contributed by atoms with Crippen molar-refractivity contribution in [3.8, 4) is 0 Å². The molecule has 5 heteroatoms. The summed E-state index contributed by atoms with van der Waals surface area (Å²) in [5.74, 6) is 0. The van der Waals surface area contributed by atoms with Crippen molar-refractivity contribution in [2.45, 2.75) is 4.90 Å². The molecule has 0 bridgehead atoms. The summed E-state index contributed by atoms with van der Waals surface area (Å²) in [5, 5.41) is 0.797. The molecule has 0 saturated carbocycles. The summed E-state index contributed by atoms with van der Waals surface area (Å²) in [7, 11) is -3.62. The second-order valence-electron chi connectivity index (χ2n) is 4.23. The highest BCUT2D eigenvalue weighted by atomic mass is 32.2. The molecule has 1 aromatic heterocycles. The molecule has 0 aliphatic rings. The second kappa shape index (κ2) is 5.98. The highest BCUT2D eigenvalue weighted by molar-refractivity contribution is 7.89.